The summed E-state index contributed by atoms with van der Waals surface area (Å²) in [5, 5.41) is 5.78. The summed E-state index contributed by atoms with van der Waals surface area (Å²) in [7, 11) is 1.58. The molecule has 0 aromatic heterocycles. The first-order valence-electron chi connectivity index (χ1n) is 9.11. The predicted molar refractivity (Wildman–Crippen MR) is 87.7 cm³/mol. The molecule has 4 saturated carbocycles. The van der Waals surface area contributed by atoms with E-state index in [1.165, 1.54) is 38.5 Å². The quantitative estimate of drug-likeness (QED) is 0.670. The maximum atomic E-state index is 12.3. The van der Waals surface area contributed by atoms with Gasteiger partial charge in [-0.2, -0.15) is 0 Å². The SMILES string of the molecule is COCCC(=O)NCCNC(=O)CC12CC3CC(CC(C3)C1)C2. The van der Waals surface area contributed by atoms with Crippen molar-refractivity contribution in [2.24, 2.45) is 23.2 Å². The Hall–Kier alpha value is -1.10. The number of amides is 2. The minimum atomic E-state index is -0.0258. The summed E-state index contributed by atoms with van der Waals surface area (Å²) in [5.41, 5.74) is 0.292. The van der Waals surface area contributed by atoms with Crippen molar-refractivity contribution in [1.29, 1.82) is 0 Å². The van der Waals surface area contributed by atoms with Gasteiger partial charge in [-0.1, -0.05) is 0 Å². The van der Waals surface area contributed by atoms with E-state index in [1.807, 2.05) is 0 Å². The summed E-state index contributed by atoms with van der Waals surface area (Å²) in [6.07, 6.45) is 9.09. The van der Waals surface area contributed by atoms with Crippen molar-refractivity contribution < 1.29 is 14.3 Å². The molecule has 0 heterocycles. The Bertz CT molecular complexity index is 414. The number of nitrogens with one attached hydrogen (secondary N) is 2. The lowest BCUT2D eigenvalue weighted by Gasteiger charge is -2.56. The van der Waals surface area contributed by atoms with Crippen molar-refractivity contribution in [3.8, 4) is 0 Å². The van der Waals surface area contributed by atoms with E-state index >= 15 is 0 Å². The van der Waals surface area contributed by atoms with Gasteiger partial charge in [-0.25, -0.2) is 0 Å². The molecule has 23 heavy (non-hydrogen) atoms. The summed E-state index contributed by atoms with van der Waals surface area (Å²) in [5.74, 6) is 2.79. The number of ether oxygens (including phenoxy) is 1. The minimum absolute atomic E-state index is 0.0258. The molecule has 130 valence electrons. The van der Waals surface area contributed by atoms with Gasteiger partial charge in [0, 0.05) is 33.0 Å². The topological polar surface area (TPSA) is 67.4 Å². The van der Waals surface area contributed by atoms with Gasteiger partial charge < -0.3 is 15.4 Å². The van der Waals surface area contributed by atoms with Crippen LogP contribution in [0.4, 0.5) is 0 Å². The number of methoxy groups -OCH3 is 1. The van der Waals surface area contributed by atoms with E-state index < -0.39 is 0 Å². The van der Waals surface area contributed by atoms with Crippen LogP contribution in [0.1, 0.15) is 51.4 Å². The first kappa shape index (κ1) is 16.7. The van der Waals surface area contributed by atoms with E-state index in [9.17, 15) is 9.59 Å². The minimum Gasteiger partial charge on any atom is -0.384 e. The largest absolute Gasteiger partial charge is 0.384 e. The van der Waals surface area contributed by atoms with Gasteiger partial charge in [-0.3, -0.25) is 9.59 Å². The van der Waals surface area contributed by atoms with Gasteiger partial charge in [0.05, 0.1) is 6.61 Å². The van der Waals surface area contributed by atoms with Gasteiger partial charge in [-0.05, 0) is 61.7 Å². The van der Waals surface area contributed by atoms with Crippen molar-refractivity contribution in [3.05, 3.63) is 0 Å². The monoisotopic (exact) mass is 322 g/mol. The zero-order valence-corrected chi connectivity index (χ0v) is 14.2. The van der Waals surface area contributed by atoms with Crippen LogP contribution in [-0.2, 0) is 14.3 Å². The average molecular weight is 322 g/mol. The standard InChI is InChI=1S/C18H30N2O3/c1-23-5-2-16(21)19-3-4-20-17(22)12-18-9-13-6-14(10-18)8-15(7-13)11-18/h13-15H,2-12H2,1H3,(H,19,21)(H,20,22). The zero-order chi connectivity index (χ0) is 16.3. The number of hydrogen-bond acceptors (Lipinski definition) is 3. The Morgan fingerprint density at radius 3 is 2.00 bits per heavy atom. The van der Waals surface area contributed by atoms with Crippen LogP contribution in [0, 0.1) is 23.2 Å². The van der Waals surface area contributed by atoms with E-state index in [1.54, 1.807) is 7.11 Å². The van der Waals surface area contributed by atoms with Crippen LogP contribution in [-0.4, -0.2) is 38.6 Å². The van der Waals surface area contributed by atoms with E-state index in [-0.39, 0.29) is 11.8 Å². The molecule has 4 aliphatic rings. The van der Waals surface area contributed by atoms with Crippen LogP contribution in [0.2, 0.25) is 0 Å². The van der Waals surface area contributed by atoms with Gasteiger partial charge in [0.1, 0.15) is 0 Å². The molecule has 0 unspecified atom stereocenters. The second kappa shape index (κ2) is 7.20. The first-order valence-corrected chi connectivity index (χ1v) is 9.11. The second-order valence-corrected chi connectivity index (χ2v) is 8.04. The third-order valence-corrected chi connectivity index (χ3v) is 6.00. The molecule has 4 fully saturated rings. The van der Waals surface area contributed by atoms with Crippen molar-refractivity contribution in [3.63, 3.8) is 0 Å². The molecule has 0 aromatic rings. The van der Waals surface area contributed by atoms with Gasteiger partial charge >= 0.3 is 0 Å². The van der Waals surface area contributed by atoms with Crippen LogP contribution >= 0.6 is 0 Å². The molecule has 0 atom stereocenters. The fourth-order valence-corrected chi connectivity index (χ4v) is 5.60. The van der Waals surface area contributed by atoms with E-state index in [4.69, 9.17) is 4.74 Å². The molecular weight excluding hydrogens is 292 g/mol. The van der Waals surface area contributed by atoms with Crippen LogP contribution in [0.15, 0.2) is 0 Å². The Balaban J connectivity index is 1.36. The van der Waals surface area contributed by atoms with Crippen molar-refractivity contribution >= 4 is 11.8 Å². The molecule has 4 bridgehead atoms. The molecule has 5 nitrogen and oxygen atoms in total. The molecule has 0 spiro atoms. The van der Waals surface area contributed by atoms with Gasteiger partial charge in [-0.15, -0.1) is 0 Å². The van der Waals surface area contributed by atoms with Crippen molar-refractivity contribution in [1.82, 2.24) is 10.6 Å². The Morgan fingerprint density at radius 1 is 0.957 bits per heavy atom. The Morgan fingerprint density at radius 2 is 1.48 bits per heavy atom. The van der Waals surface area contributed by atoms with Crippen LogP contribution in [0.5, 0.6) is 0 Å². The fourth-order valence-electron chi connectivity index (χ4n) is 5.60. The molecular formula is C18H30N2O3. The average Bonchev–Trinajstić information content (AvgIpc) is 2.47. The van der Waals surface area contributed by atoms with E-state index in [2.05, 4.69) is 10.6 Å². The molecule has 0 aromatic carbocycles. The maximum Gasteiger partial charge on any atom is 0.222 e. The summed E-state index contributed by atoms with van der Waals surface area (Å²) in [4.78, 5) is 23.7. The molecule has 4 aliphatic carbocycles. The molecule has 0 radical (unpaired) electrons. The van der Waals surface area contributed by atoms with Crippen molar-refractivity contribution in [2.75, 3.05) is 26.8 Å². The number of hydrogen-bond donors (Lipinski definition) is 2. The molecule has 0 aliphatic heterocycles. The molecule has 2 amide bonds. The Kier molecular flexibility index (Phi) is 5.24. The lowest BCUT2D eigenvalue weighted by Crippen LogP contribution is -2.48. The molecule has 2 N–H and O–H groups in total. The molecule has 4 rings (SSSR count). The van der Waals surface area contributed by atoms with Gasteiger partial charge in [0.15, 0.2) is 0 Å². The Labute approximate surface area is 138 Å². The predicted octanol–water partition coefficient (Wildman–Crippen LogP) is 1.86. The fraction of sp³-hybridized carbons (Fsp3) is 0.889. The summed E-state index contributed by atoms with van der Waals surface area (Å²) in [6, 6.07) is 0. The third kappa shape index (κ3) is 4.25. The summed E-state index contributed by atoms with van der Waals surface area (Å²) in [6.45, 7) is 1.45. The summed E-state index contributed by atoms with van der Waals surface area (Å²) < 4.78 is 4.86. The zero-order valence-electron chi connectivity index (χ0n) is 14.2. The third-order valence-electron chi connectivity index (χ3n) is 6.00. The van der Waals surface area contributed by atoms with E-state index in [0.29, 0.717) is 38.0 Å². The van der Waals surface area contributed by atoms with Crippen LogP contribution in [0.3, 0.4) is 0 Å². The lowest BCUT2D eigenvalue weighted by atomic mass is 9.49. The van der Waals surface area contributed by atoms with Gasteiger partial charge in [0.2, 0.25) is 11.8 Å². The number of rotatable bonds is 8. The second-order valence-electron chi connectivity index (χ2n) is 8.04. The highest BCUT2D eigenvalue weighted by Gasteiger charge is 2.51. The van der Waals surface area contributed by atoms with Gasteiger partial charge in [0.25, 0.3) is 0 Å². The first-order chi connectivity index (χ1) is 11.1. The highest BCUT2D eigenvalue weighted by molar-refractivity contribution is 5.77. The van der Waals surface area contributed by atoms with E-state index in [0.717, 1.165) is 17.8 Å². The molecule has 5 heteroatoms. The van der Waals surface area contributed by atoms with Crippen molar-refractivity contribution in [2.45, 2.75) is 51.4 Å². The highest BCUT2D eigenvalue weighted by Crippen LogP contribution is 2.61. The van der Waals surface area contributed by atoms with Crippen LogP contribution in [0.25, 0.3) is 0 Å². The number of carbonyl (C=O) groups is 2. The smallest absolute Gasteiger partial charge is 0.222 e. The highest BCUT2D eigenvalue weighted by atomic mass is 16.5. The normalized spacial score (nSPS) is 34.4. The van der Waals surface area contributed by atoms with Crippen LogP contribution < -0.4 is 10.6 Å². The molecule has 0 saturated heterocycles. The maximum absolute atomic E-state index is 12.3. The number of carbonyl (C=O) groups excluding carboxylic acids is 2. The summed E-state index contributed by atoms with van der Waals surface area (Å²) >= 11 is 0. The lowest BCUT2D eigenvalue weighted by molar-refractivity contribution is -0.129.